The van der Waals surface area contributed by atoms with Crippen molar-refractivity contribution in [3.05, 3.63) is 29.8 Å². The molecule has 24 nitrogen and oxygen atoms in total. The second kappa shape index (κ2) is 31.1. The first kappa shape index (κ1) is 63.2. The number of hydrogen-bond donors (Lipinski definition) is 15. The topological polar surface area (TPSA) is 394 Å². The molecular weight excluding hydrogens is 969 g/mol. The number of urea groups is 1. The van der Waals surface area contributed by atoms with Crippen molar-refractivity contribution < 1.29 is 79.5 Å². The molecule has 0 aliphatic carbocycles. The number of unbranched alkanes of at least 4 members (excludes halogenated alkanes) is 5. The van der Waals surface area contributed by atoms with E-state index in [1.54, 1.807) is 0 Å². The van der Waals surface area contributed by atoms with Gasteiger partial charge in [0.1, 0.15) is 54.3 Å². The van der Waals surface area contributed by atoms with Crippen LogP contribution in [0.1, 0.15) is 136 Å². The summed E-state index contributed by atoms with van der Waals surface area (Å²) in [6.07, 6.45) is -8.52. The van der Waals surface area contributed by atoms with Gasteiger partial charge >= 0.3 is 6.03 Å². The van der Waals surface area contributed by atoms with Crippen LogP contribution < -0.4 is 32.3 Å². The van der Waals surface area contributed by atoms with Gasteiger partial charge in [-0.05, 0) is 75.6 Å². The van der Waals surface area contributed by atoms with E-state index < -0.39 is 153 Å². The summed E-state index contributed by atoms with van der Waals surface area (Å²) in [5.74, 6) is -5.94. The molecule has 0 radical (unpaired) electrons. The molecule has 0 aromatic heterocycles. The first-order valence-corrected chi connectivity index (χ1v) is 26.0. The summed E-state index contributed by atoms with van der Waals surface area (Å²) in [6, 6.07) is -6.56. The minimum Gasteiger partial charge on any atom is -0.508 e. The normalized spacial score (nSPS) is 26.8. The molecular formula is C50H84N8O16. The summed E-state index contributed by atoms with van der Waals surface area (Å²) >= 11 is 0. The zero-order valence-electron chi connectivity index (χ0n) is 43.3. The van der Waals surface area contributed by atoms with Crippen LogP contribution in [0.4, 0.5) is 4.79 Å². The van der Waals surface area contributed by atoms with E-state index >= 15 is 0 Å². The fourth-order valence-electron chi connectivity index (χ4n) is 9.06. The Labute approximate surface area is 432 Å². The Morgan fingerprint density at radius 1 is 0.730 bits per heavy atom. The van der Waals surface area contributed by atoms with E-state index in [9.17, 15) is 79.5 Å². The lowest BCUT2D eigenvalue weighted by Crippen LogP contribution is -2.65. The molecule has 16 N–H and O–H groups in total. The summed E-state index contributed by atoms with van der Waals surface area (Å²) in [4.78, 5) is 100. The van der Waals surface area contributed by atoms with Crippen molar-refractivity contribution >= 4 is 41.5 Å². The molecule has 15 atom stereocenters. The number of phenols is 1. The zero-order valence-corrected chi connectivity index (χ0v) is 43.3. The fourth-order valence-corrected chi connectivity index (χ4v) is 9.06. The molecule has 2 fully saturated rings. The highest BCUT2D eigenvalue weighted by Gasteiger charge is 2.46. The third-order valence-corrected chi connectivity index (χ3v) is 13.7. The van der Waals surface area contributed by atoms with Crippen molar-refractivity contribution in [2.45, 2.75) is 204 Å². The average molecular weight is 1050 g/mol. The smallest absolute Gasteiger partial charge is 0.326 e. The quantitative estimate of drug-likeness (QED) is 0.0547. The molecule has 1 aromatic carbocycles. The number of carbonyl (C=O) groups excluding carboxylic acids is 7. The van der Waals surface area contributed by atoms with Gasteiger partial charge in [0.15, 0.2) is 6.23 Å². The summed E-state index contributed by atoms with van der Waals surface area (Å²) in [5.41, 5.74) is 5.61. The van der Waals surface area contributed by atoms with Gasteiger partial charge in [-0.2, -0.15) is 0 Å². The molecule has 1 aromatic rings. The molecule has 2 aliphatic rings. The number of benzene rings is 1. The molecule has 8 amide bonds. The number of amides is 8. The highest BCUT2D eigenvalue weighted by Crippen LogP contribution is 2.25. The maximum Gasteiger partial charge on any atom is 0.326 e. The van der Waals surface area contributed by atoms with Gasteiger partial charge in [0.2, 0.25) is 29.5 Å². The first-order valence-electron chi connectivity index (χ1n) is 26.0. The number of nitrogens with two attached hydrogens (primary N) is 1. The minimum atomic E-state index is -2.31. The van der Waals surface area contributed by atoms with Crippen molar-refractivity contribution in [3.63, 3.8) is 0 Å². The summed E-state index contributed by atoms with van der Waals surface area (Å²) in [5, 5.41) is 110. The SMILES string of the molecule is CCC(C)CC(C)CCCCCCCCC(=O)NC1CC(O)C(O)NC(=O)N(CCC(C)O)C(=O)C(C(O)CCN)NC(=O)C(C(O)C(O)c2ccc(O)cc2)NC(=O)C2CC(O)CN2C(=O)C(C(C)O)NC1=O. The van der Waals surface area contributed by atoms with E-state index in [1.807, 2.05) is 5.32 Å². The summed E-state index contributed by atoms with van der Waals surface area (Å²) < 4.78 is 0. The fraction of sp³-hybridized carbons (Fsp3) is 0.740. The zero-order chi connectivity index (χ0) is 55.4. The van der Waals surface area contributed by atoms with Crippen LogP contribution in [0.15, 0.2) is 24.3 Å². The van der Waals surface area contributed by atoms with Crippen LogP contribution in [0, 0.1) is 11.8 Å². The lowest BCUT2D eigenvalue weighted by Gasteiger charge is -2.35. The number of phenolic OH excluding ortho intramolecular Hbond substituents is 1. The lowest BCUT2D eigenvalue weighted by atomic mass is 9.91. The number of fused-ring (bicyclic) bond motifs is 1. The van der Waals surface area contributed by atoms with Gasteiger partial charge in [-0.1, -0.05) is 77.8 Å². The van der Waals surface area contributed by atoms with Crippen molar-refractivity contribution in [3.8, 4) is 5.75 Å². The largest absolute Gasteiger partial charge is 0.508 e. The van der Waals surface area contributed by atoms with Gasteiger partial charge in [-0.15, -0.1) is 0 Å². The monoisotopic (exact) mass is 1050 g/mol. The summed E-state index contributed by atoms with van der Waals surface area (Å²) in [7, 11) is 0. The molecule has 2 heterocycles. The molecule has 2 aliphatic heterocycles. The first-order chi connectivity index (χ1) is 34.9. The molecule has 15 unspecified atom stereocenters. The van der Waals surface area contributed by atoms with Gasteiger partial charge in [-0.3, -0.25) is 33.7 Å². The third kappa shape index (κ3) is 19.6. The third-order valence-electron chi connectivity index (χ3n) is 13.7. The van der Waals surface area contributed by atoms with Gasteiger partial charge in [0.05, 0.1) is 24.4 Å². The number of aliphatic hydroxyl groups excluding tert-OH is 8. The molecule has 0 saturated carbocycles. The molecule has 74 heavy (non-hydrogen) atoms. The van der Waals surface area contributed by atoms with Crippen LogP contribution >= 0.6 is 0 Å². The van der Waals surface area contributed by atoms with Gasteiger partial charge in [0, 0.05) is 32.4 Å². The Balaban J connectivity index is 2.04. The van der Waals surface area contributed by atoms with Gasteiger partial charge in [-0.25, -0.2) is 4.79 Å². The molecule has 2 saturated heterocycles. The van der Waals surface area contributed by atoms with Crippen molar-refractivity contribution in [1.29, 1.82) is 0 Å². The van der Waals surface area contributed by atoms with Crippen LogP contribution in [-0.4, -0.2) is 190 Å². The predicted molar refractivity (Wildman–Crippen MR) is 268 cm³/mol. The van der Waals surface area contributed by atoms with Crippen molar-refractivity contribution in [2.24, 2.45) is 17.6 Å². The maximum atomic E-state index is 14.4. The number of nitrogens with zero attached hydrogens (tertiary/aromatic N) is 2. The summed E-state index contributed by atoms with van der Waals surface area (Å²) in [6.45, 7) is 7.67. The minimum absolute atomic E-state index is 0.0674. The second-order valence-electron chi connectivity index (χ2n) is 20.2. The Morgan fingerprint density at radius 2 is 1.34 bits per heavy atom. The van der Waals surface area contributed by atoms with Crippen molar-refractivity contribution in [2.75, 3.05) is 19.6 Å². The van der Waals surface area contributed by atoms with E-state index in [0.29, 0.717) is 29.6 Å². The van der Waals surface area contributed by atoms with E-state index in [0.717, 1.165) is 62.5 Å². The number of nitrogens with one attached hydrogen (secondary N) is 5. The van der Waals surface area contributed by atoms with E-state index in [4.69, 9.17) is 5.73 Å². The highest BCUT2D eigenvalue weighted by atomic mass is 16.3. The number of hydrogen-bond acceptors (Lipinski definition) is 17. The highest BCUT2D eigenvalue weighted by molar-refractivity contribution is 6.01. The maximum absolute atomic E-state index is 14.4. The standard InChI is InChI=1S/C50H84N8O16/c1-6-27(2)23-28(3)13-11-9-7-8-10-12-14-38(65)52-34-25-37(64)46(70)56-50(74)57(22-20-29(4)59)49(73)40(36(63)19-21-51)54-47(71)41(43(67)42(66)31-15-17-32(61)18-16-31)55-45(69)35-24-33(62)26-58(35)48(72)39(30(5)60)53-44(34)68/h15-18,27-30,33-37,39-43,46,59-64,66-67,70H,6-14,19-26,51H2,1-5H3,(H,52,65)(H,53,68)(H,54,71)(H,55,69)(H,56,74). The van der Waals surface area contributed by atoms with Gasteiger partial charge in [0.25, 0.3) is 5.91 Å². The Morgan fingerprint density at radius 3 is 1.95 bits per heavy atom. The van der Waals surface area contributed by atoms with E-state index in [2.05, 4.69) is 42.0 Å². The van der Waals surface area contributed by atoms with Crippen LogP contribution in [0.5, 0.6) is 5.75 Å². The molecule has 420 valence electrons. The molecule has 0 spiro atoms. The number of aromatic hydroxyl groups is 1. The molecule has 24 heteroatoms. The van der Waals surface area contributed by atoms with Crippen LogP contribution in [0.3, 0.4) is 0 Å². The molecule has 0 bridgehead atoms. The van der Waals surface area contributed by atoms with Gasteiger partial charge < -0.3 is 83.2 Å². The second-order valence-corrected chi connectivity index (χ2v) is 20.2. The van der Waals surface area contributed by atoms with Crippen LogP contribution in [0.25, 0.3) is 0 Å². The number of aliphatic hydroxyl groups is 8. The lowest BCUT2D eigenvalue weighted by molar-refractivity contribution is -0.146. The Bertz CT molecular complexity index is 1960. The number of rotatable bonds is 23. The Kier molecular flexibility index (Phi) is 26.6. The predicted octanol–water partition coefficient (Wildman–Crippen LogP) is -1.64. The van der Waals surface area contributed by atoms with Crippen molar-refractivity contribution in [1.82, 2.24) is 36.4 Å². The van der Waals surface area contributed by atoms with E-state index in [1.165, 1.54) is 25.5 Å². The number of carbonyl (C=O) groups is 7. The Hall–Kier alpha value is -5.05. The van der Waals surface area contributed by atoms with E-state index in [-0.39, 0.29) is 30.7 Å². The number of imide groups is 1. The average Bonchev–Trinajstić information content (AvgIpc) is 3.74. The van der Waals surface area contributed by atoms with Crippen LogP contribution in [-0.2, 0) is 28.8 Å². The molecule has 3 rings (SSSR count). The van der Waals surface area contributed by atoms with Crippen LogP contribution in [0.2, 0.25) is 0 Å².